The lowest BCUT2D eigenvalue weighted by Gasteiger charge is -2.33. The number of hydrogen-bond donors (Lipinski definition) is 1. The van der Waals surface area contributed by atoms with Gasteiger partial charge in [0.15, 0.2) is 0 Å². The molecule has 1 heterocycles. The summed E-state index contributed by atoms with van der Waals surface area (Å²) in [5, 5.41) is 3.17. The van der Waals surface area contributed by atoms with Gasteiger partial charge in [0.2, 0.25) is 5.91 Å². The average Bonchev–Trinajstić information content (AvgIpc) is 2.63. The molecule has 0 bridgehead atoms. The van der Waals surface area contributed by atoms with E-state index in [0.717, 1.165) is 12.8 Å². The molecule has 0 aliphatic carbocycles. The predicted molar refractivity (Wildman–Crippen MR) is 112 cm³/mol. The number of benzene rings is 1. The van der Waals surface area contributed by atoms with Gasteiger partial charge in [0.25, 0.3) is 5.91 Å². The molecule has 1 N–H and O–H groups in total. The Hall–Kier alpha value is -2.30. The third-order valence-corrected chi connectivity index (χ3v) is 5.24. The fourth-order valence-corrected chi connectivity index (χ4v) is 3.55. The van der Waals surface area contributed by atoms with Gasteiger partial charge in [-0.05, 0) is 37.3 Å². The Balaban J connectivity index is 2.45. The summed E-state index contributed by atoms with van der Waals surface area (Å²) in [5.74, 6) is 0.523. The maximum absolute atomic E-state index is 13.2. The smallest absolute Gasteiger partial charge is 0.258 e. The number of carbonyl (C=O) groups excluding carboxylic acids is 2. The van der Waals surface area contributed by atoms with Crippen LogP contribution in [0.4, 0.5) is 0 Å². The molecule has 154 valence electrons. The van der Waals surface area contributed by atoms with Crippen LogP contribution in [0.25, 0.3) is 0 Å². The summed E-state index contributed by atoms with van der Waals surface area (Å²) in [6.45, 7) is 10.1. The minimum atomic E-state index is -0.550. The van der Waals surface area contributed by atoms with Crippen LogP contribution in [0.2, 0.25) is 0 Å². The standard InChI is InChI=1S/C23H34N2O3/c1-15(2)19-13-9-7-11-17(5)28-20-14-10-8-12-18(20)23(27)25(6)21(16(3)4)22(26)24-19/h7-10,12,14-17,19,21H,11,13H2,1-6H3,(H,24,26)/b9-7+/t17-,19-,21+/m1/s1. The predicted octanol–water partition coefficient (Wildman–Crippen LogP) is 4.04. The summed E-state index contributed by atoms with van der Waals surface area (Å²) >= 11 is 0. The lowest BCUT2D eigenvalue weighted by atomic mass is 9.96. The van der Waals surface area contributed by atoms with Gasteiger partial charge in [-0.25, -0.2) is 0 Å². The molecule has 1 aromatic carbocycles. The Labute approximate surface area is 169 Å². The van der Waals surface area contributed by atoms with Gasteiger partial charge < -0.3 is 15.0 Å². The molecule has 1 aliphatic rings. The molecule has 5 heteroatoms. The molecule has 0 aromatic heterocycles. The second-order valence-corrected chi connectivity index (χ2v) is 8.33. The molecule has 3 atom stereocenters. The van der Waals surface area contributed by atoms with Crippen molar-refractivity contribution in [2.75, 3.05) is 7.05 Å². The molecule has 1 aliphatic heterocycles. The van der Waals surface area contributed by atoms with E-state index >= 15 is 0 Å². The quantitative estimate of drug-likeness (QED) is 0.781. The Morgan fingerprint density at radius 2 is 1.68 bits per heavy atom. The van der Waals surface area contributed by atoms with Crippen LogP contribution in [0.5, 0.6) is 5.75 Å². The number of nitrogens with one attached hydrogen (secondary N) is 1. The van der Waals surface area contributed by atoms with Crippen LogP contribution >= 0.6 is 0 Å². The maximum atomic E-state index is 13.2. The lowest BCUT2D eigenvalue weighted by Crippen LogP contribution is -2.53. The number of nitrogens with zero attached hydrogens (tertiary/aromatic N) is 1. The van der Waals surface area contributed by atoms with E-state index in [-0.39, 0.29) is 29.9 Å². The molecule has 2 amide bonds. The summed E-state index contributed by atoms with van der Waals surface area (Å²) in [5.41, 5.74) is 0.483. The Bertz CT molecular complexity index is 712. The van der Waals surface area contributed by atoms with Crippen LogP contribution < -0.4 is 10.1 Å². The van der Waals surface area contributed by atoms with Gasteiger partial charge in [0, 0.05) is 19.5 Å². The first-order valence-electron chi connectivity index (χ1n) is 10.2. The van der Waals surface area contributed by atoms with E-state index in [9.17, 15) is 9.59 Å². The van der Waals surface area contributed by atoms with Crippen LogP contribution in [0.15, 0.2) is 36.4 Å². The molecule has 0 radical (unpaired) electrons. The Morgan fingerprint density at radius 1 is 1.04 bits per heavy atom. The van der Waals surface area contributed by atoms with E-state index in [0.29, 0.717) is 17.2 Å². The zero-order valence-corrected chi connectivity index (χ0v) is 17.9. The molecular weight excluding hydrogens is 352 g/mol. The summed E-state index contributed by atoms with van der Waals surface area (Å²) in [6.07, 6.45) is 5.66. The molecule has 1 aromatic rings. The first kappa shape index (κ1) is 22.0. The highest BCUT2D eigenvalue weighted by molar-refractivity contribution is 5.99. The summed E-state index contributed by atoms with van der Waals surface area (Å²) in [4.78, 5) is 27.9. The van der Waals surface area contributed by atoms with E-state index in [4.69, 9.17) is 4.74 Å². The van der Waals surface area contributed by atoms with Crippen molar-refractivity contribution in [1.29, 1.82) is 0 Å². The monoisotopic (exact) mass is 386 g/mol. The van der Waals surface area contributed by atoms with E-state index in [1.54, 1.807) is 18.0 Å². The number of carbonyl (C=O) groups is 2. The normalized spacial score (nSPS) is 25.7. The third-order valence-electron chi connectivity index (χ3n) is 5.24. The minimum absolute atomic E-state index is 0.0165. The van der Waals surface area contributed by atoms with Crippen LogP contribution in [0.1, 0.15) is 57.8 Å². The van der Waals surface area contributed by atoms with Gasteiger partial charge in [0.05, 0.1) is 11.7 Å². The van der Waals surface area contributed by atoms with Gasteiger partial charge in [-0.3, -0.25) is 9.59 Å². The van der Waals surface area contributed by atoms with E-state index in [1.165, 1.54) is 0 Å². The largest absolute Gasteiger partial charge is 0.490 e. The van der Waals surface area contributed by atoms with Crippen molar-refractivity contribution in [3.8, 4) is 5.75 Å². The molecule has 28 heavy (non-hydrogen) atoms. The number of amides is 2. The Morgan fingerprint density at radius 3 is 2.32 bits per heavy atom. The van der Waals surface area contributed by atoms with Gasteiger partial charge in [-0.2, -0.15) is 0 Å². The summed E-state index contributed by atoms with van der Waals surface area (Å²) in [7, 11) is 1.70. The lowest BCUT2D eigenvalue weighted by molar-refractivity contribution is -0.127. The van der Waals surface area contributed by atoms with Crippen LogP contribution in [0.3, 0.4) is 0 Å². The van der Waals surface area contributed by atoms with Gasteiger partial charge in [0.1, 0.15) is 11.8 Å². The van der Waals surface area contributed by atoms with Crippen molar-refractivity contribution in [2.24, 2.45) is 11.8 Å². The first-order valence-corrected chi connectivity index (χ1v) is 10.2. The fraction of sp³-hybridized carbons (Fsp3) is 0.565. The van der Waals surface area contributed by atoms with Crippen molar-refractivity contribution in [3.63, 3.8) is 0 Å². The molecule has 0 saturated carbocycles. The number of hydrogen-bond acceptors (Lipinski definition) is 3. The number of rotatable bonds is 2. The molecule has 5 nitrogen and oxygen atoms in total. The minimum Gasteiger partial charge on any atom is -0.490 e. The van der Waals surface area contributed by atoms with Gasteiger partial charge in [-0.15, -0.1) is 0 Å². The molecule has 2 rings (SSSR count). The number of fused-ring (bicyclic) bond motifs is 1. The highest BCUT2D eigenvalue weighted by Crippen LogP contribution is 2.24. The summed E-state index contributed by atoms with van der Waals surface area (Å²) in [6, 6.07) is 6.73. The first-order chi connectivity index (χ1) is 13.2. The molecule has 0 saturated heterocycles. The van der Waals surface area contributed by atoms with Crippen LogP contribution in [0, 0.1) is 11.8 Å². The summed E-state index contributed by atoms with van der Waals surface area (Å²) < 4.78 is 6.06. The van der Waals surface area contributed by atoms with Gasteiger partial charge >= 0.3 is 0 Å². The van der Waals surface area contributed by atoms with Crippen LogP contribution in [-0.2, 0) is 4.79 Å². The van der Waals surface area contributed by atoms with Crippen LogP contribution in [-0.4, -0.2) is 41.9 Å². The molecule has 0 spiro atoms. The van der Waals surface area contributed by atoms with Crippen molar-refractivity contribution in [3.05, 3.63) is 42.0 Å². The van der Waals surface area contributed by atoms with Crippen molar-refractivity contribution in [2.45, 2.75) is 65.6 Å². The van der Waals surface area contributed by atoms with Crippen molar-refractivity contribution < 1.29 is 14.3 Å². The topological polar surface area (TPSA) is 58.6 Å². The number of ether oxygens (including phenoxy) is 1. The van der Waals surface area contributed by atoms with E-state index in [2.05, 4.69) is 31.3 Å². The zero-order valence-electron chi connectivity index (χ0n) is 17.9. The second kappa shape index (κ2) is 9.76. The molecular formula is C23H34N2O3. The fourth-order valence-electron chi connectivity index (χ4n) is 3.55. The SMILES string of the molecule is CC(C)[C@H]1C(=O)N[C@@H](C(C)C)C/C=C/C[C@@H](C)Oc2ccccc2C(=O)N1C. The zero-order chi connectivity index (χ0) is 20.8. The van der Waals surface area contributed by atoms with Gasteiger partial charge in [-0.1, -0.05) is 52.0 Å². The van der Waals surface area contributed by atoms with Crippen molar-refractivity contribution >= 4 is 11.8 Å². The highest BCUT2D eigenvalue weighted by Gasteiger charge is 2.33. The number of likely N-dealkylation sites (N-methyl/N-ethyl adjacent to an activating group) is 1. The average molecular weight is 387 g/mol. The van der Waals surface area contributed by atoms with E-state index < -0.39 is 6.04 Å². The highest BCUT2D eigenvalue weighted by atomic mass is 16.5. The van der Waals surface area contributed by atoms with Crippen molar-refractivity contribution in [1.82, 2.24) is 10.2 Å². The Kier molecular flexibility index (Phi) is 7.67. The second-order valence-electron chi connectivity index (χ2n) is 8.33. The molecule has 0 fully saturated rings. The number of para-hydroxylation sites is 1. The van der Waals surface area contributed by atoms with E-state index in [1.807, 2.05) is 39.0 Å². The third kappa shape index (κ3) is 5.37. The molecule has 0 unspecified atom stereocenters. The maximum Gasteiger partial charge on any atom is 0.258 e.